The highest BCUT2D eigenvalue weighted by atomic mass is 35.5. The lowest BCUT2D eigenvalue weighted by Gasteiger charge is -2.23. The van der Waals surface area contributed by atoms with Gasteiger partial charge in [-0.2, -0.15) is 5.26 Å². The van der Waals surface area contributed by atoms with E-state index in [4.69, 9.17) is 17.3 Å². The number of nitrogen functional groups attached to an aromatic ring is 1. The molecule has 2 heterocycles. The van der Waals surface area contributed by atoms with Crippen LogP contribution in [0.1, 0.15) is 42.4 Å². The molecule has 0 radical (unpaired) electrons. The maximum atomic E-state index is 9.78. The number of pyridine rings is 1. The number of nitriles is 1. The first-order valence-electron chi connectivity index (χ1n) is 10.3. The molecule has 1 aliphatic carbocycles. The highest BCUT2D eigenvalue weighted by molar-refractivity contribution is 6.32. The third kappa shape index (κ3) is 3.10. The van der Waals surface area contributed by atoms with Crippen molar-refractivity contribution in [3.63, 3.8) is 0 Å². The topological polar surface area (TPSA) is 65.9 Å². The third-order valence-corrected chi connectivity index (χ3v) is 6.80. The number of benzene rings is 2. The van der Waals surface area contributed by atoms with E-state index >= 15 is 0 Å². The number of hydrogen-bond acceptors (Lipinski definition) is 4. The zero-order valence-corrected chi connectivity index (χ0v) is 17.0. The molecule has 5 heteroatoms. The monoisotopic (exact) mass is 402 g/mol. The zero-order valence-electron chi connectivity index (χ0n) is 16.3. The summed E-state index contributed by atoms with van der Waals surface area (Å²) in [5.41, 5.74) is 13.0. The second-order valence-electron chi connectivity index (χ2n) is 8.19. The van der Waals surface area contributed by atoms with Crippen molar-refractivity contribution in [2.45, 2.75) is 38.5 Å². The fourth-order valence-corrected chi connectivity index (χ4v) is 5.25. The molecule has 5 rings (SSSR count). The van der Waals surface area contributed by atoms with Crippen molar-refractivity contribution in [1.82, 2.24) is 4.98 Å². The maximum Gasteiger partial charge on any atom is 0.103 e. The quantitative estimate of drug-likeness (QED) is 0.565. The molecule has 2 N–H and O–H groups in total. The van der Waals surface area contributed by atoms with Gasteiger partial charge in [0, 0.05) is 34.5 Å². The van der Waals surface area contributed by atoms with Crippen molar-refractivity contribution >= 4 is 39.6 Å². The molecule has 0 atom stereocenters. The highest BCUT2D eigenvalue weighted by Crippen LogP contribution is 2.43. The Morgan fingerprint density at radius 1 is 1.24 bits per heavy atom. The minimum atomic E-state index is 0.563. The Morgan fingerprint density at radius 3 is 2.86 bits per heavy atom. The SMILES string of the molecule is N#Cc1cnc2cc(CC3CCCC3)c(N)cc2c1N1CCc2c(Cl)cccc21. The van der Waals surface area contributed by atoms with E-state index in [-0.39, 0.29) is 0 Å². The van der Waals surface area contributed by atoms with E-state index in [0.717, 1.165) is 63.9 Å². The summed E-state index contributed by atoms with van der Waals surface area (Å²) in [6.07, 6.45) is 8.78. The molecule has 0 saturated heterocycles. The van der Waals surface area contributed by atoms with E-state index in [1.165, 1.54) is 31.2 Å². The van der Waals surface area contributed by atoms with Crippen LogP contribution in [0, 0.1) is 17.2 Å². The van der Waals surface area contributed by atoms with Gasteiger partial charge in [-0.05, 0) is 54.2 Å². The fraction of sp³-hybridized carbons (Fsp3) is 0.333. The van der Waals surface area contributed by atoms with Gasteiger partial charge in [0.1, 0.15) is 6.07 Å². The number of aromatic nitrogens is 1. The van der Waals surface area contributed by atoms with Crippen LogP contribution in [-0.2, 0) is 12.8 Å². The Balaban J connectivity index is 1.64. The number of anilines is 3. The van der Waals surface area contributed by atoms with Crippen molar-refractivity contribution in [3.8, 4) is 6.07 Å². The summed E-state index contributed by atoms with van der Waals surface area (Å²) in [5, 5.41) is 11.5. The predicted octanol–water partition coefficient (Wildman–Crippen LogP) is 5.77. The minimum absolute atomic E-state index is 0.563. The van der Waals surface area contributed by atoms with E-state index in [0.29, 0.717) is 5.56 Å². The Kier molecular flexibility index (Phi) is 4.56. The Bertz CT molecular complexity index is 1140. The Labute approximate surface area is 175 Å². The molecule has 3 aromatic rings. The molecule has 0 spiro atoms. The van der Waals surface area contributed by atoms with Crippen molar-refractivity contribution in [3.05, 3.63) is 58.2 Å². The first-order valence-corrected chi connectivity index (χ1v) is 10.7. The average Bonchev–Trinajstić information content (AvgIpc) is 3.38. The van der Waals surface area contributed by atoms with Crippen LogP contribution < -0.4 is 10.6 Å². The first kappa shape index (κ1) is 18.3. The summed E-state index contributed by atoms with van der Waals surface area (Å²) in [6, 6.07) is 12.4. The predicted molar refractivity (Wildman–Crippen MR) is 119 cm³/mol. The van der Waals surface area contributed by atoms with Crippen LogP contribution in [0.5, 0.6) is 0 Å². The molecule has 4 nitrogen and oxygen atoms in total. The molecule has 2 aromatic carbocycles. The summed E-state index contributed by atoms with van der Waals surface area (Å²) in [5.74, 6) is 0.722. The normalized spacial score (nSPS) is 16.3. The van der Waals surface area contributed by atoms with Crippen molar-refractivity contribution in [2.24, 2.45) is 5.92 Å². The standard InChI is InChI=1S/C24H23ClN4/c25-20-6-3-7-23-18(20)8-9-29(23)24-17(13-26)14-28-22-11-16(21(27)12-19(22)24)10-15-4-1-2-5-15/h3,6-7,11-12,14-15H,1-2,4-5,8-10,27H2. The van der Waals surface area contributed by atoms with Gasteiger partial charge in [0.15, 0.2) is 0 Å². The van der Waals surface area contributed by atoms with E-state index in [1.807, 2.05) is 18.2 Å². The maximum absolute atomic E-state index is 9.78. The van der Waals surface area contributed by atoms with E-state index in [1.54, 1.807) is 6.20 Å². The van der Waals surface area contributed by atoms with E-state index in [9.17, 15) is 5.26 Å². The van der Waals surface area contributed by atoms with Gasteiger partial charge in [0.2, 0.25) is 0 Å². The largest absolute Gasteiger partial charge is 0.398 e. The van der Waals surface area contributed by atoms with E-state index in [2.05, 4.69) is 28.1 Å². The van der Waals surface area contributed by atoms with Gasteiger partial charge in [-0.1, -0.05) is 43.4 Å². The van der Waals surface area contributed by atoms with Crippen molar-refractivity contribution in [2.75, 3.05) is 17.2 Å². The molecular formula is C24H23ClN4. The summed E-state index contributed by atoms with van der Waals surface area (Å²) in [7, 11) is 0. The first-order chi connectivity index (χ1) is 14.2. The molecule has 1 saturated carbocycles. The number of halogens is 1. The van der Waals surface area contributed by atoms with Crippen molar-refractivity contribution < 1.29 is 0 Å². The molecule has 29 heavy (non-hydrogen) atoms. The van der Waals surface area contributed by atoms with Gasteiger partial charge in [-0.15, -0.1) is 0 Å². The summed E-state index contributed by atoms with van der Waals surface area (Å²) < 4.78 is 0. The van der Waals surface area contributed by atoms with Gasteiger partial charge in [0.05, 0.1) is 16.8 Å². The lowest BCUT2D eigenvalue weighted by Crippen LogP contribution is -2.16. The van der Waals surface area contributed by atoms with Crippen LogP contribution in [-0.4, -0.2) is 11.5 Å². The molecular weight excluding hydrogens is 380 g/mol. The second-order valence-corrected chi connectivity index (χ2v) is 8.60. The summed E-state index contributed by atoms with van der Waals surface area (Å²) in [6.45, 7) is 0.788. The van der Waals surface area contributed by atoms with Gasteiger partial charge >= 0.3 is 0 Å². The fourth-order valence-electron chi connectivity index (χ4n) is 4.98. The van der Waals surface area contributed by atoms with Crippen LogP contribution in [0.2, 0.25) is 5.02 Å². The van der Waals surface area contributed by atoms with Crippen LogP contribution in [0.4, 0.5) is 17.1 Å². The average molecular weight is 403 g/mol. The second kappa shape index (κ2) is 7.24. The van der Waals surface area contributed by atoms with Gasteiger partial charge in [0.25, 0.3) is 0 Å². The van der Waals surface area contributed by atoms with Crippen LogP contribution in [0.3, 0.4) is 0 Å². The number of hydrogen-bond donors (Lipinski definition) is 1. The lowest BCUT2D eigenvalue weighted by atomic mass is 9.95. The molecule has 146 valence electrons. The van der Waals surface area contributed by atoms with E-state index < -0.39 is 0 Å². The van der Waals surface area contributed by atoms with Crippen LogP contribution in [0.15, 0.2) is 36.5 Å². The molecule has 0 unspecified atom stereocenters. The molecule has 1 aromatic heterocycles. The molecule has 2 aliphatic rings. The molecule has 0 amide bonds. The number of rotatable bonds is 3. The van der Waals surface area contributed by atoms with Gasteiger partial charge in [-0.3, -0.25) is 4.98 Å². The lowest BCUT2D eigenvalue weighted by molar-refractivity contribution is 0.547. The van der Waals surface area contributed by atoms with Gasteiger partial charge in [-0.25, -0.2) is 0 Å². The van der Waals surface area contributed by atoms with Gasteiger partial charge < -0.3 is 10.6 Å². The Morgan fingerprint density at radius 2 is 2.07 bits per heavy atom. The zero-order chi connectivity index (χ0) is 20.0. The molecule has 1 fully saturated rings. The number of nitrogens with two attached hydrogens (primary N) is 1. The third-order valence-electron chi connectivity index (χ3n) is 6.44. The highest BCUT2D eigenvalue weighted by Gasteiger charge is 2.27. The number of nitrogens with zero attached hydrogens (tertiary/aromatic N) is 3. The van der Waals surface area contributed by atoms with Crippen LogP contribution >= 0.6 is 11.6 Å². The number of fused-ring (bicyclic) bond motifs is 2. The van der Waals surface area contributed by atoms with Crippen molar-refractivity contribution in [1.29, 1.82) is 5.26 Å². The Hall–Kier alpha value is -2.77. The minimum Gasteiger partial charge on any atom is -0.398 e. The molecule has 0 bridgehead atoms. The smallest absolute Gasteiger partial charge is 0.103 e. The van der Waals surface area contributed by atoms with Crippen LogP contribution in [0.25, 0.3) is 10.9 Å². The summed E-state index contributed by atoms with van der Waals surface area (Å²) in [4.78, 5) is 6.80. The summed E-state index contributed by atoms with van der Waals surface area (Å²) >= 11 is 6.42. The molecule has 1 aliphatic heterocycles.